The van der Waals surface area contributed by atoms with Gasteiger partial charge in [-0.25, -0.2) is 14.6 Å². The molecular weight excluding hydrogens is 518 g/mol. The number of amides is 2. The molecule has 0 radical (unpaired) electrons. The second kappa shape index (κ2) is 12.9. The predicted molar refractivity (Wildman–Crippen MR) is 149 cm³/mol. The van der Waals surface area contributed by atoms with Crippen LogP contribution in [-0.4, -0.2) is 52.8 Å². The molecule has 9 nitrogen and oxygen atoms in total. The molecule has 1 fully saturated rings. The van der Waals surface area contributed by atoms with E-state index in [1.54, 1.807) is 60.4 Å². The molecular formula is C29H27N3O6S. The third-order valence-electron chi connectivity index (χ3n) is 5.77. The minimum absolute atomic E-state index is 0.0612. The van der Waals surface area contributed by atoms with Crippen molar-refractivity contribution in [3.8, 4) is 0 Å². The first-order chi connectivity index (χ1) is 18.9. The van der Waals surface area contributed by atoms with Gasteiger partial charge in [0.05, 0.1) is 37.1 Å². The molecule has 1 heterocycles. The summed E-state index contributed by atoms with van der Waals surface area (Å²) in [5, 5.41) is 2.57. The molecule has 0 aliphatic carbocycles. The molecule has 10 heteroatoms. The minimum Gasteiger partial charge on any atom is -0.465 e. The molecule has 200 valence electrons. The fourth-order valence-electron chi connectivity index (χ4n) is 3.82. The average Bonchev–Trinajstić information content (AvgIpc) is 3.22. The third-order valence-corrected chi connectivity index (χ3v) is 6.94. The molecule has 0 unspecified atom stereocenters. The summed E-state index contributed by atoms with van der Waals surface area (Å²) < 4.78 is 9.71. The van der Waals surface area contributed by atoms with Crippen LogP contribution in [0.2, 0.25) is 0 Å². The topological polar surface area (TPSA) is 114 Å². The SMILES string of the molecule is CCOC(=O)c1ccc(N=C2S[C@H](CC(=O)Nc3ccc(C(=O)OC)cc3)C(=O)N2Cc2ccccc2)cc1. The number of benzene rings is 3. The Morgan fingerprint density at radius 3 is 2.21 bits per heavy atom. The van der Waals surface area contributed by atoms with Crippen molar-refractivity contribution in [1.82, 2.24) is 4.90 Å². The van der Waals surface area contributed by atoms with Crippen LogP contribution in [0.5, 0.6) is 0 Å². The van der Waals surface area contributed by atoms with Crippen molar-refractivity contribution in [2.75, 3.05) is 19.0 Å². The molecule has 1 aliphatic heterocycles. The highest BCUT2D eigenvalue weighted by molar-refractivity contribution is 8.15. The monoisotopic (exact) mass is 545 g/mol. The lowest BCUT2D eigenvalue weighted by atomic mass is 10.2. The molecule has 2 amide bonds. The summed E-state index contributed by atoms with van der Waals surface area (Å²) in [5.74, 6) is -1.45. The van der Waals surface area contributed by atoms with Crippen LogP contribution in [0.3, 0.4) is 0 Å². The van der Waals surface area contributed by atoms with E-state index in [2.05, 4.69) is 15.0 Å². The number of nitrogens with one attached hydrogen (secondary N) is 1. The maximum Gasteiger partial charge on any atom is 0.338 e. The van der Waals surface area contributed by atoms with Gasteiger partial charge < -0.3 is 14.8 Å². The zero-order valence-corrected chi connectivity index (χ0v) is 22.3. The van der Waals surface area contributed by atoms with E-state index in [0.29, 0.717) is 34.2 Å². The van der Waals surface area contributed by atoms with Crippen LogP contribution in [0.15, 0.2) is 83.9 Å². The largest absolute Gasteiger partial charge is 0.465 e. The van der Waals surface area contributed by atoms with Crippen LogP contribution < -0.4 is 5.32 Å². The first-order valence-corrected chi connectivity index (χ1v) is 13.1. The van der Waals surface area contributed by atoms with E-state index in [9.17, 15) is 19.2 Å². The summed E-state index contributed by atoms with van der Waals surface area (Å²) in [6.07, 6.45) is -0.0612. The van der Waals surface area contributed by atoms with Crippen molar-refractivity contribution in [1.29, 1.82) is 0 Å². The zero-order chi connectivity index (χ0) is 27.8. The van der Waals surface area contributed by atoms with Gasteiger partial charge in [-0.05, 0) is 61.0 Å². The maximum absolute atomic E-state index is 13.4. The fraction of sp³-hybridized carbons (Fsp3) is 0.207. The lowest BCUT2D eigenvalue weighted by molar-refractivity contribution is -0.128. The number of amidine groups is 1. The second-order valence-electron chi connectivity index (χ2n) is 8.50. The van der Waals surface area contributed by atoms with E-state index < -0.39 is 17.2 Å². The normalized spacial score (nSPS) is 15.7. The molecule has 1 aliphatic rings. The number of anilines is 1. The molecule has 3 aromatic rings. The van der Waals surface area contributed by atoms with Crippen molar-refractivity contribution < 1.29 is 28.7 Å². The molecule has 0 bridgehead atoms. The van der Waals surface area contributed by atoms with Gasteiger partial charge in [0.15, 0.2) is 5.17 Å². The Balaban J connectivity index is 1.50. The van der Waals surface area contributed by atoms with E-state index in [4.69, 9.17) is 4.74 Å². The highest BCUT2D eigenvalue weighted by Crippen LogP contribution is 2.33. The van der Waals surface area contributed by atoms with Gasteiger partial charge in [0.2, 0.25) is 11.8 Å². The number of hydrogen-bond acceptors (Lipinski definition) is 8. The Kier molecular flexibility index (Phi) is 9.11. The van der Waals surface area contributed by atoms with Crippen molar-refractivity contribution in [3.05, 3.63) is 95.6 Å². The average molecular weight is 546 g/mol. The Bertz CT molecular complexity index is 1370. The van der Waals surface area contributed by atoms with Gasteiger partial charge in [-0.15, -0.1) is 0 Å². The molecule has 1 atom stereocenters. The smallest absolute Gasteiger partial charge is 0.338 e. The van der Waals surface area contributed by atoms with E-state index >= 15 is 0 Å². The lowest BCUT2D eigenvalue weighted by Crippen LogP contribution is -2.33. The summed E-state index contributed by atoms with van der Waals surface area (Å²) >= 11 is 1.22. The lowest BCUT2D eigenvalue weighted by Gasteiger charge is -2.16. The van der Waals surface area contributed by atoms with Gasteiger partial charge in [-0.1, -0.05) is 42.1 Å². The minimum atomic E-state index is -0.666. The van der Waals surface area contributed by atoms with E-state index in [1.165, 1.54) is 18.9 Å². The number of esters is 2. The predicted octanol–water partition coefficient (Wildman–Crippen LogP) is 4.81. The number of aliphatic imine (C=N–C) groups is 1. The molecule has 0 saturated carbocycles. The van der Waals surface area contributed by atoms with E-state index in [0.717, 1.165) is 5.56 Å². The van der Waals surface area contributed by atoms with Gasteiger partial charge >= 0.3 is 11.9 Å². The molecule has 0 spiro atoms. The number of nitrogens with zero attached hydrogens (tertiary/aromatic N) is 2. The van der Waals surface area contributed by atoms with Gasteiger partial charge in [-0.3, -0.25) is 14.5 Å². The van der Waals surface area contributed by atoms with Crippen molar-refractivity contribution in [2.45, 2.75) is 25.1 Å². The second-order valence-corrected chi connectivity index (χ2v) is 9.67. The summed E-state index contributed by atoms with van der Waals surface area (Å²) in [6.45, 7) is 2.33. The number of thioether (sulfide) groups is 1. The molecule has 0 aromatic heterocycles. The zero-order valence-electron chi connectivity index (χ0n) is 21.5. The summed E-state index contributed by atoms with van der Waals surface area (Å²) in [5.41, 5.74) is 2.76. The molecule has 1 N–H and O–H groups in total. The van der Waals surface area contributed by atoms with Crippen molar-refractivity contribution >= 4 is 52.1 Å². The standard InChI is InChI=1S/C29H27N3O6S/c1-3-38-28(36)21-11-15-23(16-12-21)31-29-32(18-19-7-5-4-6-8-19)26(34)24(39-29)17-25(33)30-22-13-9-20(10-14-22)27(35)37-2/h4-16,24H,3,17-18H2,1-2H3,(H,30,33)/t24-/m1/s1. The Morgan fingerprint density at radius 2 is 1.56 bits per heavy atom. The highest BCUT2D eigenvalue weighted by Gasteiger charge is 2.39. The first kappa shape index (κ1) is 27.6. The Labute approximate surface area is 230 Å². The molecule has 4 rings (SSSR count). The van der Waals surface area contributed by atoms with Crippen LogP contribution >= 0.6 is 11.8 Å². The number of hydrogen-bond donors (Lipinski definition) is 1. The fourth-order valence-corrected chi connectivity index (χ4v) is 4.98. The van der Waals surface area contributed by atoms with Crippen molar-refractivity contribution in [3.63, 3.8) is 0 Å². The number of rotatable bonds is 9. The van der Waals surface area contributed by atoms with Gasteiger partial charge in [0, 0.05) is 12.1 Å². The Hall–Kier alpha value is -4.44. The van der Waals surface area contributed by atoms with Crippen molar-refractivity contribution in [2.24, 2.45) is 4.99 Å². The van der Waals surface area contributed by atoms with Crippen LogP contribution in [-0.2, 0) is 25.6 Å². The maximum atomic E-state index is 13.4. The summed E-state index contributed by atoms with van der Waals surface area (Å²) in [7, 11) is 1.30. The molecule has 3 aromatic carbocycles. The van der Waals surface area contributed by atoms with Gasteiger partial charge in [0.25, 0.3) is 0 Å². The number of carbonyl (C=O) groups excluding carboxylic acids is 4. The van der Waals surface area contributed by atoms with E-state index in [1.807, 2.05) is 30.3 Å². The van der Waals surface area contributed by atoms with Crippen LogP contribution in [0.25, 0.3) is 0 Å². The summed E-state index contributed by atoms with van der Waals surface area (Å²) in [4.78, 5) is 56.0. The van der Waals surface area contributed by atoms with E-state index in [-0.39, 0.29) is 24.8 Å². The molecule has 39 heavy (non-hydrogen) atoms. The number of ether oxygens (including phenoxy) is 2. The number of methoxy groups -OCH3 is 1. The van der Waals surface area contributed by atoms with Gasteiger partial charge in [-0.2, -0.15) is 0 Å². The van der Waals surface area contributed by atoms with Crippen LogP contribution in [0.1, 0.15) is 39.6 Å². The first-order valence-electron chi connectivity index (χ1n) is 12.2. The quantitative estimate of drug-likeness (QED) is 0.384. The van der Waals surface area contributed by atoms with Crippen LogP contribution in [0.4, 0.5) is 11.4 Å². The summed E-state index contributed by atoms with van der Waals surface area (Å²) in [6, 6.07) is 22.4. The Morgan fingerprint density at radius 1 is 0.923 bits per heavy atom. The van der Waals surface area contributed by atoms with Gasteiger partial charge in [0.1, 0.15) is 5.25 Å². The third kappa shape index (κ3) is 7.11. The van der Waals surface area contributed by atoms with Crippen LogP contribution in [0, 0.1) is 0 Å². The number of carbonyl (C=O) groups is 4. The highest BCUT2D eigenvalue weighted by atomic mass is 32.2. The molecule has 1 saturated heterocycles.